The van der Waals surface area contributed by atoms with Crippen molar-refractivity contribution in [2.24, 2.45) is 17.8 Å². The van der Waals surface area contributed by atoms with Gasteiger partial charge in [0.25, 0.3) is 0 Å². The minimum atomic E-state index is 0. The van der Waals surface area contributed by atoms with Crippen LogP contribution in [0.25, 0.3) is 0 Å². The van der Waals surface area contributed by atoms with E-state index in [0.29, 0.717) is 23.7 Å². The summed E-state index contributed by atoms with van der Waals surface area (Å²) < 4.78 is 5.57. The lowest BCUT2D eigenvalue weighted by Crippen LogP contribution is -2.64. The molecule has 5 rings (SSSR count). The number of benzene rings is 1. The normalized spacial score (nSPS) is 34.6. The van der Waals surface area contributed by atoms with Gasteiger partial charge in [0, 0.05) is 30.8 Å². The van der Waals surface area contributed by atoms with E-state index in [2.05, 4.69) is 30.0 Å². The fraction of sp³-hybridized carbons (Fsp3) is 0.708. The number of rotatable bonds is 4. The second-order valence-corrected chi connectivity index (χ2v) is 9.61. The summed E-state index contributed by atoms with van der Waals surface area (Å²) in [4.78, 5) is 15.6. The molecule has 154 valence electrons. The Morgan fingerprint density at radius 2 is 2.07 bits per heavy atom. The molecule has 3 nitrogen and oxygen atoms in total. The summed E-state index contributed by atoms with van der Waals surface area (Å²) in [5.74, 6) is 3.52. The molecule has 0 aromatic heterocycles. The summed E-state index contributed by atoms with van der Waals surface area (Å²) in [5.41, 5.74) is 2.97. The quantitative estimate of drug-likeness (QED) is 0.723. The van der Waals surface area contributed by atoms with Crippen molar-refractivity contribution in [3.05, 3.63) is 29.3 Å². The number of halogens is 1. The molecule has 1 aromatic rings. The Morgan fingerprint density at radius 3 is 2.75 bits per heavy atom. The average molecular weight is 404 g/mol. The van der Waals surface area contributed by atoms with Crippen LogP contribution in [0.2, 0.25) is 0 Å². The van der Waals surface area contributed by atoms with Gasteiger partial charge in [0.15, 0.2) is 0 Å². The van der Waals surface area contributed by atoms with E-state index in [0.717, 1.165) is 50.3 Å². The van der Waals surface area contributed by atoms with E-state index in [4.69, 9.17) is 4.74 Å². The topological polar surface area (TPSA) is 29.5 Å². The first-order chi connectivity index (χ1) is 13.1. The third kappa shape index (κ3) is 3.01. The summed E-state index contributed by atoms with van der Waals surface area (Å²) in [6.45, 7) is 4.75. The fourth-order valence-electron chi connectivity index (χ4n) is 6.93. The number of Topliss-reactive ketones (excluding diaryl/α,β-unsaturated/α-hetero) is 1. The number of methoxy groups -OCH3 is 1. The fourth-order valence-corrected chi connectivity index (χ4v) is 6.93. The summed E-state index contributed by atoms with van der Waals surface area (Å²) in [6, 6.07) is 7.29. The lowest BCUT2D eigenvalue weighted by molar-refractivity contribution is -0.132. The van der Waals surface area contributed by atoms with Gasteiger partial charge in [-0.25, -0.2) is 0 Å². The predicted octanol–water partition coefficient (Wildman–Crippen LogP) is 4.79. The number of carbonyl (C=O) groups is 1. The number of carbonyl (C=O) groups excluding carboxylic acids is 1. The Labute approximate surface area is 175 Å². The molecule has 2 saturated carbocycles. The monoisotopic (exact) mass is 403 g/mol. The van der Waals surface area contributed by atoms with Crippen molar-refractivity contribution >= 4 is 18.2 Å². The second-order valence-electron chi connectivity index (χ2n) is 9.61. The molecule has 1 heterocycles. The van der Waals surface area contributed by atoms with E-state index in [-0.39, 0.29) is 17.8 Å². The molecule has 0 amide bonds. The molecular weight excluding hydrogens is 370 g/mol. The number of hydrogen-bond donors (Lipinski definition) is 0. The highest BCUT2D eigenvalue weighted by atomic mass is 35.5. The Bertz CT molecular complexity index is 746. The molecule has 3 fully saturated rings. The summed E-state index contributed by atoms with van der Waals surface area (Å²) >= 11 is 0. The number of hydrogen-bond acceptors (Lipinski definition) is 3. The summed E-state index contributed by atoms with van der Waals surface area (Å²) in [7, 11) is 1.75. The van der Waals surface area contributed by atoms with Gasteiger partial charge in [0.2, 0.25) is 0 Å². The van der Waals surface area contributed by atoms with Crippen molar-refractivity contribution in [2.45, 2.75) is 69.7 Å². The minimum Gasteiger partial charge on any atom is -0.497 e. The zero-order valence-electron chi connectivity index (χ0n) is 17.3. The van der Waals surface area contributed by atoms with Gasteiger partial charge in [-0.2, -0.15) is 0 Å². The van der Waals surface area contributed by atoms with E-state index in [9.17, 15) is 4.79 Å². The Balaban J connectivity index is 0.00000192. The highest BCUT2D eigenvalue weighted by Gasteiger charge is 2.58. The van der Waals surface area contributed by atoms with E-state index in [1.54, 1.807) is 7.11 Å². The van der Waals surface area contributed by atoms with Gasteiger partial charge in [0.1, 0.15) is 11.5 Å². The lowest BCUT2D eigenvalue weighted by Gasteiger charge is -2.61. The van der Waals surface area contributed by atoms with Gasteiger partial charge < -0.3 is 4.74 Å². The molecule has 1 unspecified atom stereocenters. The molecular formula is C24H34ClNO2. The SMILES string of the molecule is CCC1CC(=O)C[C@]23CCN(CC4CCC4)[C@H](Cc4ccc(OC)cc42)[C@H]13.Cl. The van der Waals surface area contributed by atoms with Gasteiger partial charge >= 0.3 is 0 Å². The summed E-state index contributed by atoms with van der Waals surface area (Å²) in [5, 5.41) is 0. The smallest absolute Gasteiger partial charge is 0.134 e. The minimum absolute atomic E-state index is 0. The molecule has 0 N–H and O–H groups in total. The van der Waals surface area contributed by atoms with Gasteiger partial charge in [-0.3, -0.25) is 9.69 Å². The maximum absolute atomic E-state index is 12.8. The number of fused-ring (bicyclic) bond motifs is 1. The maximum Gasteiger partial charge on any atom is 0.134 e. The van der Waals surface area contributed by atoms with Crippen LogP contribution < -0.4 is 4.74 Å². The van der Waals surface area contributed by atoms with Crippen LogP contribution in [-0.2, 0) is 16.6 Å². The third-order valence-corrected chi connectivity index (χ3v) is 8.40. The molecule has 3 aliphatic carbocycles. The Kier molecular flexibility index (Phi) is 5.52. The van der Waals surface area contributed by atoms with Crippen LogP contribution in [0.1, 0.15) is 63.0 Å². The van der Waals surface area contributed by atoms with Gasteiger partial charge in [-0.05, 0) is 73.2 Å². The van der Waals surface area contributed by atoms with Crippen LogP contribution >= 0.6 is 12.4 Å². The molecule has 28 heavy (non-hydrogen) atoms. The van der Waals surface area contributed by atoms with E-state index >= 15 is 0 Å². The maximum atomic E-state index is 12.8. The van der Waals surface area contributed by atoms with Crippen LogP contribution in [0.15, 0.2) is 18.2 Å². The molecule has 4 atom stereocenters. The lowest BCUT2D eigenvalue weighted by atomic mass is 9.49. The summed E-state index contributed by atoms with van der Waals surface area (Å²) in [6.07, 6.45) is 9.24. The zero-order chi connectivity index (χ0) is 18.6. The first kappa shape index (κ1) is 20.2. The molecule has 4 heteroatoms. The molecule has 0 radical (unpaired) electrons. The van der Waals surface area contributed by atoms with Gasteiger partial charge in [-0.1, -0.05) is 25.8 Å². The van der Waals surface area contributed by atoms with Crippen LogP contribution in [0, 0.1) is 17.8 Å². The highest BCUT2D eigenvalue weighted by Crippen LogP contribution is 2.58. The van der Waals surface area contributed by atoms with Crippen LogP contribution in [0.4, 0.5) is 0 Å². The molecule has 1 aromatic carbocycles. The number of ketones is 1. The number of ether oxygens (including phenoxy) is 1. The van der Waals surface area contributed by atoms with Crippen molar-refractivity contribution < 1.29 is 9.53 Å². The second kappa shape index (κ2) is 7.65. The first-order valence-electron chi connectivity index (χ1n) is 11.1. The number of nitrogens with zero attached hydrogens (tertiary/aromatic N) is 1. The zero-order valence-corrected chi connectivity index (χ0v) is 18.1. The van der Waals surface area contributed by atoms with Crippen molar-refractivity contribution in [3.63, 3.8) is 0 Å². The van der Waals surface area contributed by atoms with Gasteiger partial charge in [0.05, 0.1) is 7.11 Å². The van der Waals surface area contributed by atoms with Crippen LogP contribution in [-0.4, -0.2) is 36.9 Å². The van der Waals surface area contributed by atoms with Crippen LogP contribution in [0.5, 0.6) is 5.75 Å². The molecule has 1 aliphatic heterocycles. The van der Waals surface area contributed by atoms with E-state index in [1.165, 1.54) is 36.9 Å². The molecule has 4 aliphatic rings. The predicted molar refractivity (Wildman–Crippen MR) is 114 cm³/mol. The molecule has 2 bridgehead atoms. The first-order valence-corrected chi connectivity index (χ1v) is 11.1. The Hall–Kier alpha value is -1.06. The standard InChI is InChI=1S/C24H33NO2.ClH/c1-3-17-11-19(26)14-24-9-10-25(15-16-5-4-6-16)22(23(17)24)12-18-7-8-20(27-2)13-21(18)24;/h7-8,13,16-17,22-23H,3-6,9-12,14-15H2,1-2H3;1H/t17?,22-,23+,24-;/m1./s1. The molecule has 0 spiro atoms. The average Bonchev–Trinajstić information content (AvgIpc) is 2.64. The van der Waals surface area contributed by atoms with Crippen molar-refractivity contribution in [3.8, 4) is 5.75 Å². The molecule has 1 saturated heterocycles. The number of likely N-dealkylation sites (tertiary alicyclic amines) is 1. The van der Waals surface area contributed by atoms with Crippen molar-refractivity contribution in [1.82, 2.24) is 4.90 Å². The Morgan fingerprint density at radius 1 is 1.25 bits per heavy atom. The highest BCUT2D eigenvalue weighted by molar-refractivity contribution is 5.85. The van der Waals surface area contributed by atoms with Gasteiger partial charge in [-0.15, -0.1) is 12.4 Å². The van der Waals surface area contributed by atoms with E-state index in [1.807, 2.05) is 0 Å². The number of piperidine rings is 1. The largest absolute Gasteiger partial charge is 0.497 e. The van der Waals surface area contributed by atoms with Crippen molar-refractivity contribution in [2.75, 3.05) is 20.2 Å². The van der Waals surface area contributed by atoms with Crippen LogP contribution in [0.3, 0.4) is 0 Å². The van der Waals surface area contributed by atoms with E-state index < -0.39 is 0 Å². The third-order valence-electron chi connectivity index (χ3n) is 8.40. The van der Waals surface area contributed by atoms with Crippen molar-refractivity contribution in [1.29, 1.82) is 0 Å².